The smallest absolute Gasteiger partial charge is 0.303 e. The first-order chi connectivity index (χ1) is 17.7. The van der Waals surface area contributed by atoms with Crippen LogP contribution in [0.1, 0.15) is 47.9 Å². The molecule has 3 heterocycles. The molecule has 3 aromatic rings. The number of fused-ring (bicyclic) bond motifs is 1. The molecule has 8 nitrogen and oxygen atoms in total. The molecule has 0 atom stereocenters. The summed E-state index contributed by atoms with van der Waals surface area (Å²) in [6, 6.07) is 9.37. The van der Waals surface area contributed by atoms with Crippen LogP contribution in [-0.2, 0) is 9.59 Å². The van der Waals surface area contributed by atoms with Crippen LogP contribution in [0.4, 0.5) is 0 Å². The van der Waals surface area contributed by atoms with Crippen molar-refractivity contribution < 1.29 is 19.4 Å². The summed E-state index contributed by atoms with van der Waals surface area (Å²) in [6.07, 6.45) is 5.09. The number of nitrogens with zero attached hydrogens (tertiary/aromatic N) is 3. The van der Waals surface area contributed by atoms with E-state index in [2.05, 4.69) is 4.98 Å². The molecule has 1 aliphatic rings. The van der Waals surface area contributed by atoms with E-state index in [0.29, 0.717) is 46.4 Å². The van der Waals surface area contributed by atoms with Crippen LogP contribution in [0.3, 0.4) is 0 Å². The van der Waals surface area contributed by atoms with Gasteiger partial charge in [0, 0.05) is 19.2 Å². The van der Waals surface area contributed by atoms with Crippen LogP contribution in [-0.4, -0.2) is 42.1 Å². The molecule has 0 bridgehead atoms. The number of hydrogen-bond acceptors (Lipinski definition) is 7. The number of unbranched alkanes of at least 4 members (excludes halogenated alkanes) is 2. The number of amides is 1. The lowest BCUT2D eigenvalue weighted by Gasteiger charge is -2.14. The van der Waals surface area contributed by atoms with E-state index in [-0.39, 0.29) is 29.3 Å². The zero-order valence-corrected chi connectivity index (χ0v) is 22.4. The van der Waals surface area contributed by atoms with E-state index < -0.39 is 5.97 Å². The number of aromatic nitrogens is 2. The monoisotopic (exact) mass is 537 g/mol. The predicted octanol–water partition coefficient (Wildman–Crippen LogP) is 5.26. The molecule has 37 heavy (non-hydrogen) atoms. The second kappa shape index (κ2) is 11.3. The highest BCUT2D eigenvalue weighted by molar-refractivity contribution is 8.26. The molecule has 1 fully saturated rings. The summed E-state index contributed by atoms with van der Waals surface area (Å²) in [6.45, 7) is 6.16. The average Bonchev–Trinajstić information content (AvgIpc) is 3.10. The van der Waals surface area contributed by atoms with Gasteiger partial charge in [0.15, 0.2) is 0 Å². The second-order valence-electron chi connectivity index (χ2n) is 8.93. The summed E-state index contributed by atoms with van der Waals surface area (Å²) >= 11 is 6.55. The van der Waals surface area contributed by atoms with Crippen molar-refractivity contribution in [3.05, 3.63) is 74.0 Å². The van der Waals surface area contributed by atoms with E-state index in [1.165, 1.54) is 15.4 Å². The van der Waals surface area contributed by atoms with Crippen molar-refractivity contribution in [2.24, 2.45) is 0 Å². The summed E-state index contributed by atoms with van der Waals surface area (Å²) in [4.78, 5) is 43.9. The molecular formula is C27H27N3O5S2. The number of aliphatic carboxylic acids is 1. The molecule has 0 radical (unpaired) electrons. The second-order valence-corrected chi connectivity index (χ2v) is 10.6. The highest BCUT2D eigenvalue weighted by Crippen LogP contribution is 2.35. The van der Waals surface area contributed by atoms with Crippen LogP contribution < -0.4 is 10.3 Å². The first-order valence-corrected chi connectivity index (χ1v) is 13.1. The minimum absolute atomic E-state index is 0.0971. The fourth-order valence-corrected chi connectivity index (χ4v) is 5.35. The van der Waals surface area contributed by atoms with Gasteiger partial charge in [-0.3, -0.25) is 23.7 Å². The molecule has 1 amide bonds. The van der Waals surface area contributed by atoms with Gasteiger partial charge in [-0.25, -0.2) is 0 Å². The number of ether oxygens (including phenoxy) is 1. The number of carbonyl (C=O) groups excluding carboxylic acids is 1. The topological polar surface area (TPSA) is 101 Å². The van der Waals surface area contributed by atoms with Crippen molar-refractivity contribution >= 4 is 51.9 Å². The minimum atomic E-state index is -0.835. The number of carboxylic acids is 1. The largest absolute Gasteiger partial charge is 0.481 e. The Kier molecular flexibility index (Phi) is 8.09. The summed E-state index contributed by atoms with van der Waals surface area (Å²) in [5, 5.41) is 8.79. The van der Waals surface area contributed by atoms with Crippen molar-refractivity contribution in [1.82, 2.24) is 14.3 Å². The first kappa shape index (κ1) is 26.6. The maximum absolute atomic E-state index is 13.6. The van der Waals surface area contributed by atoms with E-state index in [0.717, 1.165) is 28.5 Å². The Morgan fingerprint density at radius 2 is 1.92 bits per heavy atom. The number of benzene rings is 1. The lowest BCUT2D eigenvalue weighted by Crippen LogP contribution is -2.29. The quantitative estimate of drug-likeness (QED) is 0.224. The lowest BCUT2D eigenvalue weighted by atomic mass is 10.1. The summed E-state index contributed by atoms with van der Waals surface area (Å²) in [5.74, 6) is -0.443. The third-order valence-electron chi connectivity index (χ3n) is 6.01. The molecule has 0 saturated carbocycles. The normalized spacial score (nSPS) is 14.7. The van der Waals surface area contributed by atoms with Crippen LogP contribution in [0.5, 0.6) is 11.6 Å². The van der Waals surface area contributed by atoms with Gasteiger partial charge >= 0.3 is 5.97 Å². The molecule has 0 unspecified atom stereocenters. The van der Waals surface area contributed by atoms with Crippen molar-refractivity contribution in [1.29, 1.82) is 0 Å². The van der Waals surface area contributed by atoms with E-state index >= 15 is 0 Å². The Balaban J connectivity index is 1.69. The molecule has 1 aliphatic heterocycles. The molecular weight excluding hydrogens is 510 g/mol. The van der Waals surface area contributed by atoms with Crippen LogP contribution in [0.2, 0.25) is 0 Å². The molecule has 1 N–H and O–H groups in total. The van der Waals surface area contributed by atoms with Crippen molar-refractivity contribution in [3.63, 3.8) is 0 Å². The van der Waals surface area contributed by atoms with Crippen molar-refractivity contribution in [3.8, 4) is 11.6 Å². The van der Waals surface area contributed by atoms with E-state index in [1.54, 1.807) is 12.3 Å². The Morgan fingerprint density at radius 1 is 1.14 bits per heavy atom. The van der Waals surface area contributed by atoms with Crippen LogP contribution >= 0.6 is 24.0 Å². The summed E-state index contributed by atoms with van der Waals surface area (Å²) < 4.78 is 8.01. The maximum atomic E-state index is 13.6. The van der Waals surface area contributed by atoms with Crippen molar-refractivity contribution in [2.75, 3.05) is 6.54 Å². The van der Waals surface area contributed by atoms with Crippen LogP contribution in [0.25, 0.3) is 11.7 Å². The van der Waals surface area contributed by atoms with Crippen LogP contribution in [0.15, 0.2) is 46.2 Å². The standard InChI is InChI=1S/C27H27N3O5S2/c1-16-10-11-20(18(3)14-16)35-24-19(25(33)29-13-7-8-17(2)23(29)28-24)15-21-26(34)30(27(36)37-21)12-6-4-5-9-22(31)32/h7-8,10-11,13-15H,4-6,9,12H2,1-3H3,(H,31,32)/b21-15+. The number of hydrogen-bond donors (Lipinski definition) is 1. The number of pyridine rings is 1. The fraction of sp³-hybridized carbons (Fsp3) is 0.296. The molecule has 0 aliphatic carbocycles. The highest BCUT2D eigenvalue weighted by Gasteiger charge is 2.32. The van der Waals surface area contributed by atoms with Gasteiger partial charge < -0.3 is 9.84 Å². The number of aryl methyl sites for hydroxylation is 3. The molecule has 1 saturated heterocycles. The Bertz CT molecular complexity index is 1500. The van der Waals surface area contributed by atoms with Gasteiger partial charge in [-0.05, 0) is 62.9 Å². The highest BCUT2D eigenvalue weighted by atomic mass is 32.2. The van der Waals surface area contributed by atoms with E-state index in [1.807, 2.05) is 45.0 Å². The van der Waals surface area contributed by atoms with Crippen LogP contribution in [0, 0.1) is 20.8 Å². The minimum Gasteiger partial charge on any atom is -0.481 e. The van der Waals surface area contributed by atoms with Gasteiger partial charge in [-0.1, -0.05) is 54.2 Å². The maximum Gasteiger partial charge on any atom is 0.303 e. The number of rotatable bonds is 9. The number of thiocarbonyl (C=S) groups is 1. The molecule has 2 aromatic heterocycles. The summed E-state index contributed by atoms with van der Waals surface area (Å²) in [5.41, 5.74) is 3.06. The van der Waals surface area contributed by atoms with Gasteiger partial charge in [0.05, 0.1) is 4.91 Å². The lowest BCUT2D eigenvalue weighted by molar-refractivity contribution is -0.137. The molecule has 10 heteroatoms. The zero-order chi connectivity index (χ0) is 26.7. The summed E-state index contributed by atoms with van der Waals surface area (Å²) in [7, 11) is 0. The molecule has 4 rings (SSSR count). The van der Waals surface area contributed by atoms with E-state index in [4.69, 9.17) is 22.1 Å². The Hall–Kier alpha value is -3.50. The van der Waals surface area contributed by atoms with Crippen molar-refractivity contribution in [2.45, 2.75) is 46.5 Å². The third-order valence-corrected chi connectivity index (χ3v) is 7.39. The predicted molar refractivity (Wildman–Crippen MR) is 148 cm³/mol. The van der Waals surface area contributed by atoms with E-state index in [9.17, 15) is 14.4 Å². The van der Waals surface area contributed by atoms with Gasteiger partial charge in [-0.15, -0.1) is 0 Å². The number of carbonyl (C=O) groups is 2. The SMILES string of the molecule is Cc1ccc(Oc2nc3c(C)cccn3c(=O)c2/C=C2/SC(=S)N(CCCCCC(=O)O)C2=O)c(C)c1. The van der Waals surface area contributed by atoms with Gasteiger partial charge in [-0.2, -0.15) is 4.98 Å². The Labute approximate surface area is 224 Å². The fourth-order valence-electron chi connectivity index (χ4n) is 4.06. The first-order valence-electron chi connectivity index (χ1n) is 11.9. The zero-order valence-electron chi connectivity index (χ0n) is 20.8. The number of thioether (sulfide) groups is 1. The molecule has 0 spiro atoms. The number of carboxylic acid groups (broad SMARTS) is 1. The molecule has 1 aromatic carbocycles. The average molecular weight is 538 g/mol. The van der Waals surface area contributed by atoms with Gasteiger partial charge in [0.2, 0.25) is 5.88 Å². The third kappa shape index (κ3) is 5.91. The molecule has 192 valence electrons. The van der Waals surface area contributed by atoms with Gasteiger partial charge in [0.1, 0.15) is 21.3 Å². The Morgan fingerprint density at radius 3 is 2.65 bits per heavy atom. The van der Waals surface area contributed by atoms with Gasteiger partial charge in [0.25, 0.3) is 11.5 Å².